The highest BCUT2D eigenvalue weighted by Crippen LogP contribution is 2.27. The van der Waals surface area contributed by atoms with Crippen molar-refractivity contribution in [3.8, 4) is 5.69 Å². The third-order valence-electron chi connectivity index (χ3n) is 2.71. The number of nitrogens with one attached hydrogen (secondary N) is 1. The molecule has 1 heterocycles. The Kier molecular flexibility index (Phi) is 3.34. The molecule has 2 rings (SSSR count). The van der Waals surface area contributed by atoms with Gasteiger partial charge in [0.2, 0.25) is 0 Å². The standard InChI is InChI=1S/C13H14ClFN2S/c1-13(2,3)11-7-16-12(18)17(11)8-4-5-9(14)10(15)6-8/h4-7H,1-3H3,(H,16,18). The number of imidazole rings is 1. The van der Waals surface area contributed by atoms with E-state index >= 15 is 0 Å². The first-order valence-electron chi connectivity index (χ1n) is 5.57. The maximum Gasteiger partial charge on any atom is 0.182 e. The first-order valence-corrected chi connectivity index (χ1v) is 6.35. The molecule has 0 radical (unpaired) electrons. The van der Waals surface area contributed by atoms with Gasteiger partial charge in [0.15, 0.2) is 4.77 Å². The van der Waals surface area contributed by atoms with Gasteiger partial charge in [0, 0.05) is 17.3 Å². The zero-order chi connectivity index (χ0) is 13.5. The highest BCUT2D eigenvalue weighted by atomic mass is 35.5. The van der Waals surface area contributed by atoms with Crippen molar-refractivity contribution in [1.29, 1.82) is 0 Å². The van der Waals surface area contributed by atoms with Crippen molar-refractivity contribution in [2.75, 3.05) is 0 Å². The Bertz CT molecular complexity index is 637. The Balaban J connectivity index is 2.67. The van der Waals surface area contributed by atoms with Crippen LogP contribution in [0.3, 0.4) is 0 Å². The van der Waals surface area contributed by atoms with E-state index in [4.69, 9.17) is 23.8 Å². The quantitative estimate of drug-likeness (QED) is 0.758. The smallest absolute Gasteiger partial charge is 0.182 e. The van der Waals surface area contributed by atoms with Crippen molar-refractivity contribution < 1.29 is 4.39 Å². The van der Waals surface area contributed by atoms with Gasteiger partial charge in [0.05, 0.1) is 10.7 Å². The molecule has 0 fully saturated rings. The largest absolute Gasteiger partial charge is 0.337 e. The monoisotopic (exact) mass is 284 g/mol. The molecular weight excluding hydrogens is 271 g/mol. The van der Waals surface area contributed by atoms with Gasteiger partial charge in [0.1, 0.15) is 5.82 Å². The van der Waals surface area contributed by atoms with Gasteiger partial charge in [-0.15, -0.1) is 0 Å². The van der Waals surface area contributed by atoms with E-state index in [2.05, 4.69) is 25.8 Å². The fourth-order valence-corrected chi connectivity index (χ4v) is 2.18. The molecule has 0 aliphatic rings. The van der Waals surface area contributed by atoms with E-state index in [1.165, 1.54) is 12.1 Å². The van der Waals surface area contributed by atoms with Crippen LogP contribution in [0.2, 0.25) is 5.02 Å². The van der Waals surface area contributed by atoms with E-state index in [9.17, 15) is 4.39 Å². The minimum absolute atomic E-state index is 0.0936. The van der Waals surface area contributed by atoms with Crippen molar-refractivity contribution in [1.82, 2.24) is 9.55 Å². The second-order valence-electron chi connectivity index (χ2n) is 5.16. The minimum Gasteiger partial charge on any atom is -0.337 e. The third-order valence-corrected chi connectivity index (χ3v) is 3.31. The minimum atomic E-state index is -0.447. The number of nitrogens with zero attached hydrogens (tertiary/aromatic N) is 1. The second-order valence-corrected chi connectivity index (χ2v) is 5.96. The molecule has 5 heteroatoms. The molecule has 2 nitrogen and oxygen atoms in total. The van der Waals surface area contributed by atoms with Crippen LogP contribution in [-0.2, 0) is 5.41 Å². The van der Waals surface area contributed by atoms with E-state index in [0.29, 0.717) is 10.5 Å². The molecule has 18 heavy (non-hydrogen) atoms. The number of H-pyrrole nitrogens is 1. The molecule has 0 aliphatic heterocycles. The molecule has 1 N–H and O–H groups in total. The Morgan fingerprint density at radius 2 is 2.00 bits per heavy atom. The second kappa shape index (κ2) is 4.52. The Labute approximate surface area is 115 Å². The highest BCUT2D eigenvalue weighted by Gasteiger charge is 2.20. The molecule has 0 amide bonds. The summed E-state index contributed by atoms with van der Waals surface area (Å²) in [6.07, 6.45) is 1.86. The molecule has 0 spiro atoms. The van der Waals surface area contributed by atoms with E-state index in [0.717, 1.165) is 5.69 Å². The summed E-state index contributed by atoms with van der Waals surface area (Å²) in [6.45, 7) is 6.23. The van der Waals surface area contributed by atoms with Gasteiger partial charge < -0.3 is 4.98 Å². The molecule has 2 aromatic rings. The van der Waals surface area contributed by atoms with E-state index < -0.39 is 5.82 Å². The Morgan fingerprint density at radius 3 is 2.56 bits per heavy atom. The Morgan fingerprint density at radius 1 is 1.33 bits per heavy atom. The number of benzene rings is 1. The lowest BCUT2D eigenvalue weighted by Gasteiger charge is -2.20. The van der Waals surface area contributed by atoms with Gasteiger partial charge in [-0.2, -0.15) is 0 Å². The number of rotatable bonds is 1. The topological polar surface area (TPSA) is 20.7 Å². The molecule has 0 saturated heterocycles. The van der Waals surface area contributed by atoms with Crippen molar-refractivity contribution in [2.24, 2.45) is 0 Å². The molecule has 0 saturated carbocycles. The zero-order valence-corrected chi connectivity index (χ0v) is 12.0. The van der Waals surface area contributed by atoms with Gasteiger partial charge in [0.25, 0.3) is 0 Å². The van der Waals surface area contributed by atoms with Crippen LogP contribution in [-0.4, -0.2) is 9.55 Å². The third kappa shape index (κ3) is 2.35. The van der Waals surface area contributed by atoms with Crippen LogP contribution >= 0.6 is 23.8 Å². The summed E-state index contributed by atoms with van der Waals surface area (Å²) >= 11 is 10.9. The van der Waals surface area contributed by atoms with Gasteiger partial charge in [-0.3, -0.25) is 4.57 Å². The van der Waals surface area contributed by atoms with Crippen molar-refractivity contribution in [2.45, 2.75) is 26.2 Å². The molecule has 0 atom stereocenters. The average Bonchev–Trinajstić information content (AvgIpc) is 2.64. The number of hydrogen-bond donors (Lipinski definition) is 1. The SMILES string of the molecule is CC(C)(C)c1c[nH]c(=S)n1-c1ccc(Cl)c(F)c1. The molecule has 96 valence electrons. The van der Waals surface area contributed by atoms with Crippen LogP contribution in [0.1, 0.15) is 26.5 Å². The number of hydrogen-bond acceptors (Lipinski definition) is 1. The number of aromatic nitrogens is 2. The summed E-state index contributed by atoms with van der Waals surface area (Å²) in [7, 11) is 0. The molecule has 0 aliphatic carbocycles. The molecule has 0 unspecified atom stereocenters. The lowest BCUT2D eigenvalue weighted by atomic mass is 9.92. The predicted molar refractivity (Wildman–Crippen MR) is 74.6 cm³/mol. The van der Waals surface area contributed by atoms with Gasteiger partial charge in [-0.05, 0) is 30.4 Å². The number of aromatic amines is 1. The molecule has 0 bridgehead atoms. The van der Waals surface area contributed by atoms with Crippen molar-refractivity contribution in [3.63, 3.8) is 0 Å². The van der Waals surface area contributed by atoms with Crippen LogP contribution in [0, 0.1) is 10.6 Å². The highest BCUT2D eigenvalue weighted by molar-refractivity contribution is 7.71. The normalized spacial score (nSPS) is 11.8. The average molecular weight is 285 g/mol. The van der Waals surface area contributed by atoms with E-state index in [1.54, 1.807) is 6.07 Å². The number of halogens is 2. The maximum atomic E-state index is 13.5. The van der Waals surface area contributed by atoms with Gasteiger partial charge >= 0.3 is 0 Å². The summed E-state index contributed by atoms with van der Waals surface area (Å²) in [5.74, 6) is -0.447. The summed E-state index contributed by atoms with van der Waals surface area (Å²) < 4.78 is 15.9. The molecule has 1 aromatic carbocycles. The lowest BCUT2D eigenvalue weighted by Crippen LogP contribution is -2.16. The van der Waals surface area contributed by atoms with E-state index in [-0.39, 0.29) is 10.4 Å². The Hall–Kier alpha value is -1.13. The van der Waals surface area contributed by atoms with Crippen LogP contribution in [0.5, 0.6) is 0 Å². The summed E-state index contributed by atoms with van der Waals surface area (Å²) in [4.78, 5) is 3.00. The summed E-state index contributed by atoms with van der Waals surface area (Å²) in [5, 5.41) is 0.109. The predicted octanol–water partition coefficient (Wildman–Crippen LogP) is 4.62. The van der Waals surface area contributed by atoms with Gasteiger partial charge in [-0.25, -0.2) is 4.39 Å². The van der Waals surface area contributed by atoms with Crippen LogP contribution in [0.15, 0.2) is 24.4 Å². The van der Waals surface area contributed by atoms with Gasteiger partial charge in [-0.1, -0.05) is 32.4 Å². The fraction of sp³-hybridized carbons (Fsp3) is 0.308. The van der Waals surface area contributed by atoms with Crippen molar-refractivity contribution >= 4 is 23.8 Å². The summed E-state index contributed by atoms with van der Waals surface area (Å²) in [5.41, 5.74) is 1.58. The zero-order valence-electron chi connectivity index (χ0n) is 10.4. The lowest BCUT2D eigenvalue weighted by molar-refractivity contribution is 0.554. The first kappa shape index (κ1) is 13.3. The maximum absolute atomic E-state index is 13.5. The molecular formula is C13H14ClFN2S. The van der Waals surface area contributed by atoms with Crippen LogP contribution in [0.4, 0.5) is 4.39 Å². The van der Waals surface area contributed by atoms with E-state index in [1.807, 2.05) is 10.8 Å². The first-order chi connectivity index (χ1) is 8.30. The molecule has 1 aromatic heterocycles. The fourth-order valence-electron chi connectivity index (χ4n) is 1.80. The summed E-state index contributed by atoms with van der Waals surface area (Å²) in [6, 6.07) is 4.68. The van der Waals surface area contributed by atoms with Crippen LogP contribution < -0.4 is 0 Å². The van der Waals surface area contributed by atoms with Crippen LogP contribution in [0.25, 0.3) is 5.69 Å². The van der Waals surface area contributed by atoms with Crippen molar-refractivity contribution in [3.05, 3.63) is 45.7 Å².